The average Bonchev–Trinajstić information content (AvgIpc) is 2.26. The molecule has 0 radical (unpaired) electrons. The Balaban J connectivity index is 2.88. The molecule has 0 aromatic heterocycles. The van der Waals surface area contributed by atoms with Crippen LogP contribution < -0.4 is 0 Å². The monoisotopic (exact) mass is 226 g/mol. The molecular weight excluding hydrogens is 212 g/mol. The highest BCUT2D eigenvalue weighted by atomic mass is 35.5. The standard InChI is InChI=1S/C12H15ClO2/c1-3-11(14)12(15-4-2)9-5-7-10(13)8-6-9/h5-8,12H,3-4H2,1-2H3. The zero-order chi connectivity index (χ0) is 11.3. The molecule has 0 aliphatic heterocycles. The van der Waals surface area contributed by atoms with Crippen molar-refractivity contribution in [2.75, 3.05) is 6.61 Å². The Labute approximate surface area is 95.2 Å². The van der Waals surface area contributed by atoms with Crippen LogP contribution in [0.25, 0.3) is 0 Å². The Bertz CT molecular complexity index is 319. The number of Topliss-reactive ketones (excluding diaryl/α,β-unsaturated/α-hetero) is 1. The summed E-state index contributed by atoms with van der Waals surface area (Å²) in [4.78, 5) is 11.6. The van der Waals surface area contributed by atoms with Crippen LogP contribution >= 0.6 is 11.6 Å². The first-order valence-corrected chi connectivity index (χ1v) is 5.46. The summed E-state index contributed by atoms with van der Waals surface area (Å²) in [6.07, 6.45) is 0.0325. The summed E-state index contributed by atoms with van der Waals surface area (Å²) >= 11 is 5.78. The second kappa shape index (κ2) is 5.89. The topological polar surface area (TPSA) is 26.3 Å². The van der Waals surface area contributed by atoms with Crippen molar-refractivity contribution in [2.24, 2.45) is 0 Å². The molecule has 0 saturated carbocycles. The van der Waals surface area contributed by atoms with Gasteiger partial charge in [0.1, 0.15) is 6.10 Å². The second-order valence-electron chi connectivity index (χ2n) is 3.21. The fourth-order valence-electron chi connectivity index (χ4n) is 1.36. The maximum absolute atomic E-state index is 11.6. The van der Waals surface area contributed by atoms with E-state index in [9.17, 15) is 4.79 Å². The smallest absolute Gasteiger partial charge is 0.165 e. The molecule has 15 heavy (non-hydrogen) atoms. The minimum Gasteiger partial charge on any atom is -0.366 e. The van der Waals surface area contributed by atoms with Crippen molar-refractivity contribution in [2.45, 2.75) is 26.4 Å². The number of ketones is 1. The van der Waals surface area contributed by atoms with Gasteiger partial charge in [-0.1, -0.05) is 30.7 Å². The van der Waals surface area contributed by atoms with E-state index in [1.807, 2.05) is 26.0 Å². The van der Waals surface area contributed by atoms with Crippen LogP contribution in [0.3, 0.4) is 0 Å². The van der Waals surface area contributed by atoms with Crippen LogP contribution in [-0.4, -0.2) is 12.4 Å². The fraction of sp³-hybridized carbons (Fsp3) is 0.417. The van der Waals surface area contributed by atoms with Gasteiger partial charge in [0, 0.05) is 18.1 Å². The van der Waals surface area contributed by atoms with Gasteiger partial charge in [0.15, 0.2) is 5.78 Å². The number of carbonyl (C=O) groups excluding carboxylic acids is 1. The van der Waals surface area contributed by atoms with Gasteiger partial charge in [-0.3, -0.25) is 4.79 Å². The van der Waals surface area contributed by atoms with Crippen molar-refractivity contribution in [3.05, 3.63) is 34.9 Å². The average molecular weight is 227 g/mol. The Morgan fingerprint density at radius 1 is 1.33 bits per heavy atom. The van der Waals surface area contributed by atoms with Gasteiger partial charge in [0.05, 0.1) is 0 Å². The fourth-order valence-corrected chi connectivity index (χ4v) is 1.49. The van der Waals surface area contributed by atoms with Crippen molar-refractivity contribution in [1.82, 2.24) is 0 Å². The predicted molar refractivity (Wildman–Crippen MR) is 61.1 cm³/mol. The first-order chi connectivity index (χ1) is 7.19. The highest BCUT2D eigenvalue weighted by molar-refractivity contribution is 6.30. The minimum atomic E-state index is -0.447. The summed E-state index contributed by atoms with van der Waals surface area (Å²) in [5.41, 5.74) is 0.869. The molecule has 0 bridgehead atoms. The maximum Gasteiger partial charge on any atom is 0.165 e. The lowest BCUT2D eigenvalue weighted by molar-refractivity contribution is -0.130. The van der Waals surface area contributed by atoms with Gasteiger partial charge in [-0.05, 0) is 24.6 Å². The third kappa shape index (κ3) is 3.33. The molecule has 0 heterocycles. The van der Waals surface area contributed by atoms with E-state index in [1.54, 1.807) is 12.1 Å². The summed E-state index contributed by atoms with van der Waals surface area (Å²) < 4.78 is 5.43. The van der Waals surface area contributed by atoms with Gasteiger partial charge in [0.2, 0.25) is 0 Å². The van der Waals surface area contributed by atoms with E-state index in [0.717, 1.165) is 5.56 Å². The Morgan fingerprint density at radius 2 is 1.93 bits per heavy atom. The van der Waals surface area contributed by atoms with E-state index in [1.165, 1.54) is 0 Å². The predicted octanol–water partition coefficient (Wildman–Crippen LogP) is 3.40. The van der Waals surface area contributed by atoms with Crippen molar-refractivity contribution < 1.29 is 9.53 Å². The lowest BCUT2D eigenvalue weighted by atomic mass is 10.0. The first kappa shape index (κ1) is 12.2. The SMILES string of the molecule is CCOC(C(=O)CC)c1ccc(Cl)cc1. The molecule has 0 fully saturated rings. The first-order valence-electron chi connectivity index (χ1n) is 5.08. The Hall–Kier alpha value is -0.860. The molecule has 1 rings (SSSR count). The van der Waals surface area contributed by atoms with E-state index in [0.29, 0.717) is 18.1 Å². The highest BCUT2D eigenvalue weighted by Gasteiger charge is 2.18. The molecule has 1 aromatic rings. The molecule has 0 spiro atoms. The van der Waals surface area contributed by atoms with Gasteiger partial charge in [0.25, 0.3) is 0 Å². The lowest BCUT2D eigenvalue weighted by Gasteiger charge is -2.15. The normalized spacial score (nSPS) is 12.5. The van der Waals surface area contributed by atoms with E-state index in [4.69, 9.17) is 16.3 Å². The van der Waals surface area contributed by atoms with Crippen molar-refractivity contribution in [3.63, 3.8) is 0 Å². The summed E-state index contributed by atoms with van der Waals surface area (Å²) in [5.74, 6) is 0.0965. The molecule has 0 aliphatic carbocycles. The molecule has 0 amide bonds. The summed E-state index contributed by atoms with van der Waals surface area (Å²) in [6, 6.07) is 7.20. The molecule has 1 atom stereocenters. The molecule has 0 saturated heterocycles. The number of rotatable bonds is 5. The van der Waals surface area contributed by atoms with Gasteiger partial charge in [-0.25, -0.2) is 0 Å². The van der Waals surface area contributed by atoms with Crippen molar-refractivity contribution in [1.29, 1.82) is 0 Å². The molecule has 2 nitrogen and oxygen atoms in total. The van der Waals surface area contributed by atoms with Crippen LogP contribution in [0.5, 0.6) is 0 Å². The molecule has 0 N–H and O–H groups in total. The number of benzene rings is 1. The van der Waals surface area contributed by atoms with Gasteiger partial charge < -0.3 is 4.74 Å². The highest BCUT2D eigenvalue weighted by Crippen LogP contribution is 2.21. The van der Waals surface area contributed by atoms with Gasteiger partial charge in [-0.15, -0.1) is 0 Å². The Kier molecular flexibility index (Phi) is 4.79. The maximum atomic E-state index is 11.6. The third-order valence-electron chi connectivity index (χ3n) is 2.15. The van der Waals surface area contributed by atoms with Crippen LogP contribution in [0.2, 0.25) is 5.02 Å². The number of ether oxygens (including phenoxy) is 1. The van der Waals surface area contributed by atoms with Gasteiger partial charge in [-0.2, -0.15) is 0 Å². The molecule has 3 heteroatoms. The van der Waals surface area contributed by atoms with Crippen LogP contribution in [0.1, 0.15) is 31.9 Å². The lowest BCUT2D eigenvalue weighted by Crippen LogP contribution is -2.15. The molecule has 0 aliphatic rings. The van der Waals surface area contributed by atoms with Crippen LogP contribution in [-0.2, 0) is 9.53 Å². The molecule has 1 unspecified atom stereocenters. The van der Waals surface area contributed by atoms with Crippen LogP contribution in [0.15, 0.2) is 24.3 Å². The van der Waals surface area contributed by atoms with E-state index >= 15 is 0 Å². The van der Waals surface area contributed by atoms with Crippen LogP contribution in [0.4, 0.5) is 0 Å². The van der Waals surface area contributed by atoms with E-state index < -0.39 is 6.10 Å². The summed E-state index contributed by atoms with van der Waals surface area (Å²) in [6.45, 7) is 4.25. The number of hydrogen-bond acceptors (Lipinski definition) is 2. The largest absolute Gasteiger partial charge is 0.366 e. The van der Waals surface area contributed by atoms with Crippen molar-refractivity contribution in [3.8, 4) is 0 Å². The quantitative estimate of drug-likeness (QED) is 0.769. The number of halogens is 1. The summed E-state index contributed by atoms with van der Waals surface area (Å²) in [7, 11) is 0. The van der Waals surface area contributed by atoms with E-state index in [-0.39, 0.29) is 5.78 Å². The number of carbonyl (C=O) groups is 1. The van der Waals surface area contributed by atoms with E-state index in [2.05, 4.69) is 0 Å². The van der Waals surface area contributed by atoms with Crippen molar-refractivity contribution >= 4 is 17.4 Å². The zero-order valence-corrected chi connectivity index (χ0v) is 9.75. The summed E-state index contributed by atoms with van der Waals surface area (Å²) in [5, 5.41) is 0.665. The minimum absolute atomic E-state index is 0.0965. The zero-order valence-electron chi connectivity index (χ0n) is 9.00. The van der Waals surface area contributed by atoms with Crippen LogP contribution in [0, 0.1) is 0 Å². The number of hydrogen-bond donors (Lipinski definition) is 0. The molecule has 1 aromatic carbocycles. The Morgan fingerprint density at radius 3 is 2.40 bits per heavy atom. The molecular formula is C12H15ClO2. The van der Waals surface area contributed by atoms with Gasteiger partial charge >= 0.3 is 0 Å². The second-order valence-corrected chi connectivity index (χ2v) is 3.64. The molecule has 82 valence electrons. The third-order valence-corrected chi connectivity index (χ3v) is 2.40.